The molecule has 4 heteroatoms. The highest BCUT2D eigenvalue weighted by molar-refractivity contribution is 6.01. The summed E-state index contributed by atoms with van der Waals surface area (Å²) in [6, 6.07) is 23.7. The van der Waals surface area contributed by atoms with Gasteiger partial charge in [0, 0.05) is 12.6 Å². The summed E-state index contributed by atoms with van der Waals surface area (Å²) in [6.45, 7) is 1.42. The molecule has 1 heterocycles. The molecule has 0 aromatic heterocycles. The van der Waals surface area contributed by atoms with E-state index in [0.717, 1.165) is 22.4 Å². The molecule has 0 fully saturated rings. The SMILES string of the molecule is CN1Cc2c(OCc3ccccc3)ccc(OCc3ccccc3)c2C1=O. The van der Waals surface area contributed by atoms with Gasteiger partial charge in [-0.25, -0.2) is 0 Å². The molecule has 1 aliphatic rings. The van der Waals surface area contributed by atoms with Crippen LogP contribution in [0.25, 0.3) is 0 Å². The van der Waals surface area contributed by atoms with Crippen LogP contribution in [-0.2, 0) is 19.8 Å². The molecule has 3 aromatic carbocycles. The van der Waals surface area contributed by atoms with Crippen molar-refractivity contribution in [3.63, 3.8) is 0 Å². The Kier molecular flexibility index (Phi) is 4.79. The number of carbonyl (C=O) groups excluding carboxylic acids is 1. The first-order valence-electron chi connectivity index (χ1n) is 8.97. The van der Waals surface area contributed by atoms with Gasteiger partial charge >= 0.3 is 0 Å². The maximum atomic E-state index is 12.6. The number of amides is 1. The minimum atomic E-state index is -0.0294. The van der Waals surface area contributed by atoms with Crippen LogP contribution in [0, 0.1) is 0 Å². The highest BCUT2D eigenvalue weighted by Gasteiger charge is 2.31. The summed E-state index contributed by atoms with van der Waals surface area (Å²) < 4.78 is 12.0. The third-order valence-electron chi connectivity index (χ3n) is 4.66. The topological polar surface area (TPSA) is 38.8 Å². The van der Waals surface area contributed by atoms with Gasteiger partial charge < -0.3 is 14.4 Å². The summed E-state index contributed by atoms with van der Waals surface area (Å²) in [7, 11) is 1.80. The van der Waals surface area contributed by atoms with Gasteiger partial charge in [0.05, 0.1) is 12.1 Å². The monoisotopic (exact) mass is 359 g/mol. The highest BCUT2D eigenvalue weighted by atomic mass is 16.5. The Morgan fingerprint density at radius 2 is 1.30 bits per heavy atom. The Hall–Kier alpha value is -3.27. The molecular formula is C23H21NO3. The number of rotatable bonds is 6. The molecule has 1 amide bonds. The Bertz CT molecular complexity index is 939. The maximum absolute atomic E-state index is 12.6. The van der Waals surface area contributed by atoms with E-state index in [0.29, 0.717) is 31.1 Å². The van der Waals surface area contributed by atoms with Crippen molar-refractivity contribution in [2.24, 2.45) is 0 Å². The van der Waals surface area contributed by atoms with Gasteiger partial charge in [-0.3, -0.25) is 4.79 Å². The Morgan fingerprint density at radius 3 is 1.89 bits per heavy atom. The fourth-order valence-electron chi connectivity index (χ4n) is 3.22. The van der Waals surface area contributed by atoms with Crippen molar-refractivity contribution in [2.45, 2.75) is 19.8 Å². The number of carbonyl (C=O) groups is 1. The highest BCUT2D eigenvalue weighted by Crippen LogP contribution is 2.37. The minimum Gasteiger partial charge on any atom is -0.489 e. The number of hydrogen-bond acceptors (Lipinski definition) is 3. The predicted molar refractivity (Wildman–Crippen MR) is 104 cm³/mol. The summed E-state index contributed by atoms with van der Waals surface area (Å²) >= 11 is 0. The first kappa shape index (κ1) is 17.2. The van der Waals surface area contributed by atoms with Crippen LogP contribution in [0.1, 0.15) is 27.0 Å². The van der Waals surface area contributed by atoms with Crippen LogP contribution in [-0.4, -0.2) is 17.9 Å². The summed E-state index contributed by atoms with van der Waals surface area (Å²) in [5.41, 5.74) is 3.66. The van der Waals surface area contributed by atoms with E-state index >= 15 is 0 Å². The molecule has 0 spiro atoms. The van der Waals surface area contributed by atoms with Crippen LogP contribution in [0.5, 0.6) is 11.5 Å². The Morgan fingerprint density at radius 1 is 0.778 bits per heavy atom. The van der Waals surface area contributed by atoms with Crippen LogP contribution in [0.4, 0.5) is 0 Å². The number of hydrogen-bond donors (Lipinski definition) is 0. The van der Waals surface area contributed by atoms with Crippen LogP contribution in [0.3, 0.4) is 0 Å². The van der Waals surface area contributed by atoms with Gasteiger partial charge in [0.2, 0.25) is 0 Å². The van der Waals surface area contributed by atoms with E-state index < -0.39 is 0 Å². The maximum Gasteiger partial charge on any atom is 0.258 e. The third kappa shape index (κ3) is 3.65. The molecule has 136 valence electrons. The molecular weight excluding hydrogens is 338 g/mol. The zero-order chi connectivity index (χ0) is 18.6. The zero-order valence-electron chi connectivity index (χ0n) is 15.2. The second-order valence-corrected chi connectivity index (χ2v) is 6.63. The first-order chi connectivity index (χ1) is 13.2. The van der Waals surface area contributed by atoms with Crippen molar-refractivity contribution in [2.75, 3.05) is 7.05 Å². The lowest BCUT2D eigenvalue weighted by atomic mass is 10.1. The molecule has 0 saturated carbocycles. The second kappa shape index (κ2) is 7.54. The minimum absolute atomic E-state index is 0.0294. The van der Waals surface area contributed by atoms with Crippen molar-refractivity contribution in [3.05, 3.63) is 95.1 Å². The quantitative estimate of drug-likeness (QED) is 0.653. The number of benzene rings is 3. The second-order valence-electron chi connectivity index (χ2n) is 6.63. The van der Waals surface area contributed by atoms with Crippen molar-refractivity contribution >= 4 is 5.91 Å². The Labute approximate surface area is 159 Å². The van der Waals surface area contributed by atoms with Crippen LogP contribution in [0.15, 0.2) is 72.8 Å². The van der Waals surface area contributed by atoms with Gasteiger partial charge in [-0.05, 0) is 23.3 Å². The van der Waals surface area contributed by atoms with Gasteiger partial charge in [0.25, 0.3) is 5.91 Å². The normalized spacial score (nSPS) is 12.8. The van der Waals surface area contributed by atoms with Crippen LogP contribution in [0.2, 0.25) is 0 Å². The van der Waals surface area contributed by atoms with Crippen molar-refractivity contribution in [3.8, 4) is 11.5 Å². The summed E-state index contributed by atoms with van der Waals surface area (Å²) in [5, 5.41) is 0. The van der Waals surface area contributed by atoms with E-state index in [1.807, 2.05) is 72.8 Å². The smallest absolute Gasteiger partial charge is 0.258 e. The molecule has 0 radical (unpaired) electrons. The lowest BCUT2D eigenvalue weighted by molar-refractivity contribution is 0.0812. The van der Waals surface area contributed by atoms with E-state index in [1.54, 1.807) is 11.9 Å². The largest absolute Gasteiger partial charge is 0.489 e. The first-order valence-corrected chi connectivity index (χ1v) is 8.97. The lowest BCUT2D eigenvalue weighted by Crippen LogP contribution is -2.18. The third-order valence-corrected chi connectivity index (χ3v) is 4.66. The molecule has 4 rings (SSSR count). The van der Waals surface area contributed by atoms with Crippen LogP contribution < -0.4 is 9.47 Å². The molecule has 4 nitrogen and oxygen atoms in total. The molecule has 0 bridgehead atoms. The molecule has 3 aromatic rings. The summed E-state index contributed by atoms with van der Waals surface area (Å²) in [6.07, 6.45) is 0. The Balaban J connectivity index is 1.57. The molecule has 0 N–H and O–H groups in total. The van der Waals surface area contributed by atoms with Gasteiger partial charge in [0.1, 0.15) is 24.7 Å². The number of ether oxygens (including phenoxy) is 2. The summed E-state index contributed by atoms with van der Waals surface area (Å²) in [5.74, 6) is 1.31. The van der Waals surface area contributed by atoms with Gasteiger partial charge in [-0.2, -0.15) is 0 Å². The molecule has 0 saturated heterocycles. The van der Waals surface area contributed by atoms with E-state index in [9.17, 15) is 4.79 Å². The lowest BCUT2D eigenvalue weighted by Gasteiger charge is -2.14. The molecule has 1 aliphatic heterocycles. The van der Waals surface area contributed by atoms with E-state index in [-0.39, 0.29) is 5.91 Å². The van der Waals surface area contributed by atoms with Crippen molar-refractivity contribution in [1.82, 2.24) is 4.90 Å². The standard InChI is InChI=1S/C23H21NO3/c1-24-14-19-20(26-15-17-8-4-2-5-9-17)12-13-21(22(19)23(24)25)27-16-18-10-6-3-7-11-18/h2-13H,14-16H2,1H3. The fourth-order valence-corrected chi connectivity index (χ4v) is 3.22. The van der Waals surface area contributed by atoms with Gasteiger partial charge in [0.15, 0.2) is 0 Å². The van der Waals surface area contributed by atoms with E-state index in [1.165, 1.54) is 0 Å². The summed E-state index contributed by atoms with van der Waals surface area (Å²) in [4.78, 5) is 14.3. The fraction of sp³-hybridized carbons (Fsp3) is 0.174. The van der Waals surface area contributed by atoms with Crippen molar-refractivity contribution in [1.29, 1.82) is 0 Å². The molecule has 27 heavy (non-hydrogen) atoms. The van der Waals surface area contributed by atoms with E-state index in [2.05, 4.69) is 0 Å². The average Bonchev–Trinajstić information content (AvgIpc) is 3.02. The molecule has 0 unspecified atom stereocenters. The van der Waals surface area contributed by atoms with E-state index in [4.69, 9.17) is 9.47 Å². The van der Waals surface area contributed by atoms with Gasteiger partial charge in [-0.15, -0.1) is 0 Å². The predicted octanol–water partition coefficient (Wildman–Crippen LogP) is 4.43. The van der Waals surface area contributed by atoms with Crippen LogP contribution >= 0.6 is 0 Å². The molecule has 0 atom stereocenters. The molecule has 0 aliphatic carbocycles. The number of nitrogens with zero attached hydrogens (tertiary/aromatic N) is 1. The van der Waals surface area contributed by atoms with Crippen molar-refractivity contribution < 1.29 is 14.3 Å². The average molecular weight is 359 g/mol. The number of fused-ring (bicyclic) bond motifs is 1. The van der Waals surface area contributed by atoms with Gasteiger partial charge in [-0.1, -0.05) is 60.7 Å². The zero-order valence-corrected chi connectivity index (χ0v) is 15.2.